The fourth-order valence-electron chi connectivity index (χ4n) is 3.44. The Hall–Kier alpha value is -1.36. The van der Waals surface area contributed by atoms with Crippen LogP contribution in [0.1, 0.15) is 30.4 Å². The van der Waals surface area contributed by atoms with Crippen LogP contribution in [0.3, 0.4) is 0 Å². The Kier molecular flexibility index (Phi) is 9.04. The molecule has 2 aliphatic heterocycles. The average Bonchev–Trinajstić information content (AvgIpc) is 2.55. The molecule has 134 valence electrons. The van der Waals surface area contributed by atoms with Gasteiger partial charge in [-0.15, -0.1) is 0 Å². The molecule has 3 rings (SSSR count). The van der Waals surface area contributed by atoms with Gasteiger partial charge < -0.3 is 17.9 Å². The molecule has 0 aliphatic carbocycles. The second-order valence-electron chi connectivity index (χ2n) is 6.47. The van der Waals surface area contributed by atoms with Gasteiger partial charge >= 0.3 is 0 Å². The van der Waals surface area contributed by atoms with Crippen LogP contribution in [0.2, 0.25) is 0 Å². The van der Waals surface area contributed by atoms with Crippen LogP contribution in [-0.4, -0.2) is 65.5 Å². The predicted octanol–water partition coefficient (Wildman–Crippen LogP) is -1.15. The van der Waals surface area contributed by atoms with Crippen LogP contribution in [0.25, 0.3) is 6.08 Å². The van der Waals surface area contributed by atoms with Crippen LogP contribution in [0.4, 0.5) is 0 Å². The van der Waals surface area contributed by atoms with Crippen LogP contribution >= 0.6 is 0 Å². The van der Waals surface area contributed by atoms with E-state index < -0.39 is 0 Å². The number of hydrogen-bond acceptors (Lipinski definition) is 2. The molecule has 0 saturated carbocycles. The molecule has 2 aliphatic rings. The van der Waals surface area contributed by atoms with Gasteiger partial charge in [-0.05, 0) is 24.0 Å². The minimum absolute atomic E-state index is 0. The molecule has 2 bridgehead atoms. The van der Waals surface area contributed by atoms with Gasteiger partial charge in [-0.25, -0.2) is 0 Å². The lowest BCUT2D eigenvalue weighted by Crippen LogP contribution is -3.00. The third kappa shape index (κ3) is 5.93. The van der Waals surface area contributed by atoms with E-state index in [1.54, 1.807) is 0 Å². The highest BCUT2D eigenvalue weighted by atomic mass is 35.5. The molecular formula is C19H30ClN3O. The summed E-state index contributed by atoms with van der Waals surface area (Å²) in [6, 6.07) is 8.82. The second kappa shape index (κ2) is 10.5. The number of fused-ring (bicyclic) bond motifs is 1. The van der Waals surface area contributed by atoms with Crippen molar-refractivity contribution in [3.05, 3.63) is 42.0 Å². The summed E-state index contributed by atoms with van der Waals surface area (Å²) in [4.78, 5) is 5.12. The van der Waals surface area contributed by atoms with Gasteiger partial charge in [0.1, 0.15) is 0 Å². The Morgan fingerprint density at radius 3 is 2.29 bits per heavy atom. The molecule has 4 nitrogen and oxygen atoms in total. The summed E-state index contributed by atoms with van der Waals surface area (Å²) in [5, 5.41) is 0. The van der Waals surface area contributed by atoms with Crippen molar-refractivity contribution in [3.8, 4) is 0 Å². The quantitative estimate of drug-likeness (QED) is 0.645. The second-order valence-corrected chi connectivity index (χ2v) is 6.47. The molecule has 2 heterocycles. The van der Waals surface area contributed by atoms with Crippen molar-refractivity contribution >= 4 is 12.4 Å². The summed E-state index contributed by atoms with van der Waals surface area (Å²) in [7, 11) is 0. The van der Waals surface area contributed by atoms with Crippen LogP contribution < -0.4 is 12.4 Å². The van der Waals surface area contributed by atoms with E-state index in [1.165, 1.54) is 69.7 Å². The lowest BCUT2D eigenvalue weighted by atomic mass is 10.1. The number of benzene rings is 1. The smallest absolute Gasteiger partial charge is 0.234 e. The van der Waals surface area contributed by atoms with Crippen molar-refractivity contribution in [2.45, 2.75) is 25.8 Å². The van der Waals surface area contributed by atoms with Crippen molar-refractivity contribution in [3.63, 3.8) is 0 Å². The average molecular weight is 352 g/mol. The standard InChI is InChI=1S/C19H28N3.ClH.H2O/c1-2-18-6-8-19(9-7-18)16-20-10-3-12-21-14-5-15-22(17-21)13-4-11-20;;/h2,6-9,17H,1,3-5,10-16H2;1H;1H2/q+1;;/p-1. The van der Waals surface area contributed by atoms with Gasteiger partial charge in [0, 0.05) is 26.1 Å². The summed E-state index contributed by atoms with van der Waals surface area (Å²) in [6.07, 6.45) is 8.11. The van der Waals surface area contributed by atoms with Gasteiger partial charge in [0.25, 0.3) is 0 Å². The van der Waals surface area contributed by atoms with Gasteiger partial charge in [0.05, 0.1) is 26.2 Å². The van der Waals surface area contributed by atoms with Crippen LogP contribution in [0.15, 0.2) is 30.8 Å². The van der Waals surface area contributed by atoms with E-state index in [0.717, 1.165) is 6.54 Å². The molecule has 5 heteroatoms. The van der Waals surface area contributed by atoms with E-state index in [4.69, 9.17) is 0 Å². The van der Waals surface area contributed by atoms with Gasteiger partial charge in [-0.1, -0.05) is 36.9 Å². The SMILES string of the molecule is C=Cc1ccc(CN2CCCN3C=[N+](CCC3)CCC2)cc1.O.[Cl-]. The zero-order valence-electron chi connectivity index (χ0n) is 14.5. The molecule has 0 radical (unpaired) electrons. The molecule has 1 aromatic carbocycles. The van der Waals surface area contributed by atoms with Gasteiger partial charge in [-0.2, -0.15) is 0 Å². The molecule has 0 amide bonds. The zero-order chi connectivity index (χ0) is 15.2. The lowest BCUT2D eigenvalue weighted by Gasteiger charge is -2.27. The normalized spacial score (nSPS) is 18.7. The summed E-state index contributed by atoms with van der Waals surface area (Å²) in [5.41, 5.74) is 2.61. The number of rotatable bonds is 3. The maximum Gasteiger partial charge on any atom is 0.234 e. The highest BCUT2D eigenvalue weighted by Gasteiger charge is 2.18. The summed E-state index contributed by atoms with van der Waals surface area (Å²) in [6.45, 7) is 12.2. The van der Waals surface area contributed by atoms with Gasteiger partial charge in [0.15, 0.2) is 0 Å². The van der Waals surface area contributed by atoms with E-state index in [9.17, 15) is 0 Å². The topological polar surface area (TPSA) is 41.0 Å². The Bertz CT molecular complexity index is 530. The third-order valence-electron chi connectivity index (χ3n) is 4.68. The molecular weight excluding hydrogens is 322 g/mol. The Morgan fingerprint density at radius 1 is 0.958 bits per heavy atom. The molecule has 24 heavy (non-hydrogen) atoms. The summed E-state index contributed by atoms with van der Waals surface area (Å²) >= 11 is 0. The Balaban J connectivity index is 0.00000144. The minimum atomic E-state index is 0. The number of hydrogen-bond donors (Lipinski definition) is 0. The first-order chi connectivity index (χ1) is 10.8. The first kappa shape index (κ1) is 20.7. The zero-order valence-corrected chi connectivity index (χ0v) is 15.2. The lowest BCUT2D eigenvalue weighted by molar-refractivity contribution is -0.533. The van der Waals surface area contributed by atoms with Crippen molar-refractivity contribution in [2.75, 3.05) is 39.3 Å². The van der Waals surface area contributed by atoms with Crippen molar-refractivity contribution < 1.29 is 22.5 Å². The maximum absolute atomic E-state index is 3.82. The highest BCUT2D eigenvalue weighted by Crippen LogP contribution is 2.11. The van der Waals surface area contributed by atoms with Crippen molar-refractivity contribution in [1.29, 1.82) is 0 Å². The predicted molar refractivity (Wildman–Crippen MR) is 96.9 cm³/mol. The summed E-state index contributed by atoms with van der Waals surface area (Å²) in [5.74, 6) is 0. The molecule has 2 N–H and O–H groups in total. The fraction of sp³-hybridized carbons (Fsp3) is 0.526. The van der Waals surface area contributed by atoms with E-state index >= 15 is 0 Å². The van der Waals surface area contributed by atoms with E-state index in [1.807, 2.05) is 6.08 Å². The minimum Gasteiger partial charge on any atom is -1.00 e. The fourth-order valence-corrected chi connectivity index (χ4v) is 3.44. The van der Waals surface area contributed by atoms with E-state index in [-0.39, 0.29) is 17.9 Å². The van der Waals surface area contributed by atoms with E-state index in [2.05, 4.69) is 51.6 Å². The molecule has 0 spiro atoms. The first-order valence-electron chi connectivity index (χ1n) is 8.60. The summed E-state index contributed by atoms with van der Waals surface area (Å²) < 4.78 is 2.51. The Labute approximate surface area is 152 Å². The van der Waals surface area contributed by atoms with Gasteiger partial charge in [0.2, 0.25) is 6.34 Å². The monoisotopic (exact) mass is 351 g/mol. The molecule has 0 saturated heterocycles. The van der Waals surface area contributed by atoms with Crippen LogP contribution in [0.5, 0.6) is 0 Å². The van der Waals surface area contributed by atoms with E-state index in [0.29, 0.717) is 0 Å². The first-order valence-corrected chi connectivity index (χ1v) is 8.60. The highest BCUT2D eigenvalue weighted by molar-refractivity contribution is 5.49. The van der Waals surface area contributed by atoms with Gasteiger partial charge in [-0.3, -0.25) is 14.4 Å². The molecule has 0 unspecified atom stereocenters. The maximum atomic E-state index is 3.82. The number of halogens is 1. The van der Waals surface area contributed by atoms with Crippen LogP contribution in [-0.2, 0) is 6.54 Å². The van der Waals surface area contributed by atoms with Crippen molar-refractivity contribution in [2.24, 2.45) is 0 Å². The molecule has 0 aromatic heterocycles. The third-order valence-corrected chi connectivity index (χ3v) is 4.68. The molecule has 0 atom stereocenters. The number of nitrogens with zero attached hydrogens (tertiary/aromatic N) is 3. The Morgan fingerprint density at radius 2 is 1.58 bits per heavy atom. The van der Waals surface area contributed by atoms with Crippen LogP contribution in [0, 0.1) is 0 Å². The van der Waals surface area contributed by atoms with Crippen molar-refractivity contribution in [1.82, 2.24) is 9.80 Å². The largest absolute Gasteiger partial charge is 1.00 e. The molecule has 0 fully saturated rings. The molecule has 1 aromatic rings.